The molecule has 1 amide bonds. The first-order chi connectivity index (χ1) is 14.6. The highest BCUT2D eigenvalue weighted by Gasteiger charge is 2.12. The highest BCUT2D eigenvalue weighted by atomic mass is 16.5. The van der Waals surface area contributed by atoms with Crippen LogP contribution in [0, 0.1) is 0 Å². The predicted molar refractivity (Wildman–Crippen MR) is 111 cm³/mol. The molecule has 0 aliphatic heterocycles. The minimum atomic E-state index is -0.470. The molecular formula is C23H23NO6. The summed E-state index contributed by atoms with van der Waals surface area (Å²) < 4.78 is 21.2. The van der Waals surface area contributed by atoms with Crippen LogP contribution in [0.3, 0.4) is 0 Å². The van der Waals surface area contributed by atoms with Crippen LogP contribution >= 0.6 is 0 Å². The third-order valence-electron chi connectivity index (χ3n) is 4.41. The van der Waals surface area contributed by atoms with Crippen LogP contribution in [0.2, 0.25) is 0 Å². The topological polar surface area (TPSA) is 87.0 Å². The van der Waals surface area contributed by atoms with Crippen LogP contribution in [-0.2, 0) is 13.0 Å². The molecule has 0 spiro atoms. The lowest BCUT2D eigenvalue weighted by molar-refractivity contribution is 0.0923. The standard InChI is InChI=1S/C23H23NO6/c1-27-19-9-8-16(12-20(19)28-2)10-11-24-23(26)21-13-18(25)22(15-30-21)29-14-17-6-4-3-5-7-17/h3-9,12-13,15H,10-11,14H2,1-2H3,(H,24,26). The summed E-state index contributed by atoms with van der Waals surface area (Å²) in [6.07, 6.45) is 1.74. The molecule has 7 nitrogen and oxygen atoms in total. The van der Waals surface area contributed by atoms with Gasteiger partial charge in [0.15, 0.2) is 17.3 Å². The zero-order chi connectivity index (χ0) is 21.3. The second kappa shape index (κ2) is 10.2. The molecule has 1 aromatic heterocycles. The lowest BCUT2D eigenvalue weighted by atomic mass is 10.1. The van der Waals surface area contributed by atoms with Gasteiger partial charge < -0.3 is 23.9 Å². The van der Waals surface area contributed by atoms with E-state index in [0.717, 1.165) is 23.5 Å². The molecule has 0 bridgehead atoms. The third kappa shape index (κ3) is 5.41. The minimum absolute atomic E-state index is 0.0562. The molecule has 0 radical (unpaired) electrons. The lowest BCUT2D eigenvalue weighted by Gasteiger charge is -2.10. The average Bonchev–Trinajstić information content (AvgIpc) is 2.78. The Morgan fingerprint density at radius 1 is 0.933 bits per heavy atom. The fourth-order valence-corrected chi connectivity index (χ4v) is 2.80. The van der Waals surface area contributed by atoms with Crippen LogP contribution in [0.15, 0.2) is 70.1 Å². The number of methoxy groups -OCH3 is 2. The first kappa shape index (κ1) is 21.0. The Labute approximate surface area is 174 Å². The van der Waals surface area contributed by atoms with Gasteiger partial charge in [0.05, 0.1) is 14.2 Å². The van der Waals surface area contributed by atoms with Gasteiger partial charge in [0.25, 0.3) is 5.91 Å². The van der Waals surface area contributed by atoms with Crippen LogP contribution < -0.4 is 25.0 Å². The van der Waals surface area contributed by atoms with E-state index in [2.05, 4.69) is 5.32 Å². The first-order valence-corrected chi connectivity index (χ1v) is 9.39. The van der Waals surface area contributed by atoms with Crippen LogP contribution in [-0.4, -0.2) is 26.7 Å². The van der Waals surface area contributed by atoms with E-state index in [1.54, 1.807) is 14.2 Å². The zero-order valence-electron chi connectivity index (χ0n) is 16.8. The fraction of sp³-hybridized carbons (Fsp3) is 0.217. The Morgan fingerprint density at radius 2 is 1.70 bits per heavy atom. The van der Waals surface area contributed by atoms with Gasteiger partial charge in [-0.2, -0.15) is 0 Å². The molecule has 0 unspecified atom stereocenters. The summed E-state index contributed by atoms with van der Waals surface area (Å²) >= 11 is 0. The van der Waals surface area contributed by atoms with Crippen molar-refractivity contribution in [1.29, 1.82) is 0 Å². The molecule has 3 rings (SSSR count). The molecule has 0 saturated carbocycles. The normalized spacial score (nSPS) is 10.3. The van der Waals surface area contributed by atoms with Crippen molar-refractivity contribution in [2.45, 2.75) is 13.0 Å². The number of carbonyl (C=O) groups is 1. The van der Waals surface area contributed by atoms with E-state index in [-0.39, 0.29) is 18.1 Å². The molecule has 1 N–H and O–H groups in total. The summed E-state index contributed by atoms with van der Waals surface area (Å²) in [6.45, 7) is 0.604. The van der Waals surface area contributed by atoms with Gasteiger partial charge in [0, 0.05) is 12.6 Å². The third-order valence-corrected chi connectivity index (χ3v) is 4.41. The Hall–Kier alpha value is -3.74. The Balaban J connectivity index is 1.54. The summed E-state index contributed by atoms with van der Waals surface area (Å²) in [5.74, 6) is 0.780. The van der Waals surface area contributed by atoms with Gasteiger partial charge in [-0.05, 0) is 29.7 Å². The van der Waals surface area contributed by atoms with Crippen molar-refractivity contribution in [3.63, 3.8) is 0 Å². The maximum absolute atomic E-state index is 12.3. The fourth-order valence-electron chi connectivity index (χ4n) is 2.80. The summed E-state index contributed by atoms with van der Waals surface area (Å²) in [6, 6.07) is 16.1. The number of nitrogens with one attached hydrogen (secondary N) is 1. The number of rotatable bonds is 9. The Morgan fingerprint density at radius 3 is 2.40 bits per heavy atom. The largest absolute Gasteiger partial charge is 0.493 e. The van der Waals surface area contributed by atoms with Gasteiger partial charge in [-0.3, -0.25) is 9.59 Å². The van der Waals surface area contributed by atoms with Gasteiger partial charge in [-0.25, -0.2) is 0 Å². The molecule has 0 aliphatic carbocycles. The summed E-state index contributed by atoms with van der Waals surface area (Å²) in [7, 11) is 3.14. The van der Waals surface area contributed by atoms with Crippen molar-refractivity contribution in [3.8, 4) is 17.2 Å². The van der Waals surface area contributed by atoms with E-state index in [1.807, 2.05) is 48.5 Å². The number of hydrogen-bond donors (Lipinski definition) is 1. The maximum atomic E-state index is 12.3. The number of hydrogen-bond acceptors (Lipinski definition) is 6. The van der Waals surface area contributed by atoms with Gasteiger partial charge in [-0.15, -0.1) is 0 Å². The van der Waals surface area contributed by atoms with Crippen LogP contribution in [0.5, 0.6) is 17.2 Å². The highest BCUT2D eigenvalue weighted by Crippen LogP contribution is 2.27. The molecule has 0 aliphatic rings. The van der Waals surface area contributed by atoms with E-state index in [9.17, 15) is 9.59 Å². The summed E-state index contributed by atoms with van der Waals surface area (Å²) in [5.41, 5.74) is 1.48. The molecular weight excluding hydrogens is 386 g/mol. The Bertz CT molecular complexity index is 1050. The van der Waals surface area contributed by atoms with Gasteiger partial charge >= 0.3 is 0 Å². The van der Waals surface area contributed by atoms with Gasteiger partial charge in [0.1, 0.15) is 12.9 Å². The molecule has 2 aromatic carbocycles. The maximum Gasteiger partial charge on any atom is 0.287 e. The van der Waals surface area contributed by atoms with Gasteiger partial charge in [0.2, 0.25) is 11.2 Å². The molecule has 0 saturated heterocycles. The van der Waals surface area contributed by atoms with Crippen molar-refractivity contribution in [3.05, 3.63) is 88.0 Å². The minimum Gasteiger partial charge on any atom is -0.493 e. The molecule has 156 valence electrons. The number of ether oxygens (including phenoxy) is 3. The molecule has 3 aromatic rings. The van der Waals surface area contributed by atoms with E-state index < -0.39 is 11.3 Å². The number of carbonyl (C=O) groups excluding carboxylic acids is 1. The molecule has 0 fully saturated rings. The van der Waals surface area contributed by atoms with Crippen LogP contribution in [0.1, 0.15) is 21.7 Å². The first-order valence-electron chi connectivity index (χ1n) is 9.39. The highest BCUT2D eigenvalue weighted by molar-refractivity contribution is 5.91. The molecule has 7 heteroatoms. The lowest BCUT2D eigenvalue weighted by Crippen LogP contribution is -2.26. The van der Waals surface area contributed by atoms with Crippen molar-refractivity contribution in [1.82, 2.24) is 5.32 Å². The summed E-state index contributed by atoms with van der Waals surface area (Å²) in [4.78, 5) is 24.5. The average molecular weight is 409 g/mol. The molecule has 30 heavy (non-hydrogen) atoms. The predicted octanol–water partition coefficient (Wildman–Crippen LogP) is 3.21. The van der Waals surface area contributed by atoms with Gasteiger partial charge in [-0.1, -0.05) is 36.4 Å². The SMILES string of the molecule is COc1ccc(CCNC(=O)c2cc(=O)c(OCc3ccccc3)co2)cc1OC. The van der Waals surface area contributed by atoms with Crippen LogP contribution in [0.4, 0.5) is 0 Å². The second-order valence-corrected chi connectivity index (χ2v) is 6.44. The van der Waals surface area contributed by atoms with E-state index >= 15 is 0 Å². The number of benzene rings is 2. The van der Waals surface area contributed by atoms with E-state index in [0.29, 0.717) is 24.5 Å². The van der Waals surface area contributed by atoms with E-state index in [4.69, 9.17) is 18.6 Å². The van der Waals surface area contributed by atoms with Crippen molar-refractivity contribution in [2.24, 2.45) is 0 Å². The Kier molecular flexibility index (Phi) is 7.10. The monoisotopic (exact) mass is 409 g/mol. The molecule has 1 heterocycles. The smallest absolute Gasteiger partial charge is 0.287 e. The van der Waals surface area contributed by atoms with E-state index in [1.165, 1.54) is 0 Å². The van der Waals surface area contributed by atoms with Crippen molar-refractivity contribution >= 4 is 5.91 Å². The zero-order valence-corrected chi connectivity index (χ0v) is 16.8. The second-order valence-electron chi connectivity index (χ2n) is 6.44. The van der Waals surface area contributed by atoms with Crippen LogP contribution in [0.25, 0.3) is 0 Å². The quantitative estimate of drug-likeness (QED) is 0.584. The van der Waals surface area contributed by atoms with Crippen molar-refractivity contribution in [2.75, 3.05) is 20.8 Å². The number of amides is 1. The summed E-state index contributed by atoms with van der Waals surface area (Å²) in [5, 5.41) is 2.73. The van der Waals surface area contributed by atoms with Crippen molar-refractivity contribution < 1.29 is 23.4 Å². The molecule has 0 atom stereocenters.